The van der Waals surface area contributed by atoms with Crippen molar-refractivity contribution in [3.05, 3.63) is 69.5 Å². The fraction of sp³-hybridized carbons (Fsp3) is 0.316. The Bertz CT molecular complexity index is 1020. The third-order valence-corrected chi connectivity index (χ3v) is 4.92. The van der Waals surface area contributed by atoms with Gasteiger partial charge >= 0.3 is 0 Å². The first-order valence-corrected chi connectivity index (χ1v) is 11.1. The molecule has 31 heavy (non-hydrogen) atoms. The number of anilines is 1. The summed E-state index contributed by atoms with van der Waals surface area (Å²) in [6.45, 7) is 1.23. The van der Waals surface area contributed by atoms with Crippen molar-refractivity contribution in [2.24, 2.45) is 4.99 Å². The lowest BCUT2D eigenvalue weighted by molar-refractivity contribution is -0.384. The zero-order valence-corrected chi connectivity index (χ0v) is 20.2. The van der Waals surface area contributed by atoms with Gasteiger partial charge in [-0.3, -0.25) is 15.1 Å². The molecule has 0 atom stereocenters. The molecule has 2 aromatic carbocycles. The fourth-order valence-electron chi connectivity index (χ4n) is 2.67. The highest BCUT2D eigenvalue weighted by Gasteiger charge is 2.11. The number of halogens is 2. The highest BCUT2D eigenvalue weighted by atomic mass is 127. The van der Waals surface area contributed by atoms with E-state index >= 15 is 0 Å². The molecule has 0 aliphatic heterocycles. The lowest BCUT2D eigenvalue weighted by Gasteiger charge is -2.15. The van der Waals surface area contributed by atoms with Crippen LogP contribution in [-0.4, -0.2) is 45.7 Å². The van der Waals surface area contributed by atoms with Crippen molar-refractivity contribution in [2.45, 2.75) is 12.3 Å². The Hall–Kier alpha value is -2.48. The molecule has 2 rings (SSSR count). The Morgan fingerprint density at radius 1 is 1.10 bits per heavy atom. The van der Waals surface area contributed by atoms with Crippen molar-refractivity contribution in [2.75, 3.05) is 31.7 Å². The van der Waals surface area contributed by atoms with Crippen LogP contribution in [0.1, 0.15) is 11.1 Å². The molecule has 0 amide bonds. The number of aliphatic imine (C=N–C) groups is 1. The minimum atomic E-state index is -3.25. The van der Waals surface area contributed by atoms with Crippen molar-refractivity contribution >= 4 is 51.1 Å². The third kappa shape index (κ3) is 9.46. The van der Waals surface area contributed by atoms with E-state index in [-0.39, 0.29) is 42.0 Å². The van der Waals surface area contributed by atoms with E-state index in [4.69, 9.17) is 0 Å². The number of nitrogens with one attached hydrogen (secondary N) is 3. The van der Waals surface area contributed by atoms with Crippen LogP contribution in [0.5, 0.6) is 0 Å². The van der Waals surface area contributed by atoms with Crippen molar-refractivity contribution in [3.63, 3.8) is 0 Å². The Labute approximate surface area is 197 Å². The maximum atomic E-state index is 13.6. The van der Waals surface area contributed by atoms with Crippen LogP contribution in [0.15, 0.2) is 47.5 Å². The first kappa shape index (κ1) is 26.6. The predicted octanol–water partition coefficient (Wildman–Crippen LogP) is 2.67. The van der Waals surface area contributed by atoms with E-state index in [1.54, 1.807) is 19.2 Å². The van der Waals surface area contributed by atoms with E-state index in [0.717, 1.165) is 11.9 Å². The van der Waals surface area contributed by atoms with E-state index < -0.39 is 20.6 Å². The lowest BCUT2D eigenvalue weighted by Crippen LogP contribution is -2.39. The second-order valence-electron chi connectivity index (χ2n) is 6.57. The van der Waals surface area contributed by atoms with Gasteiger partial charge in [0.1, 0.15) is 5.82 Å². The van der Waals surface area contributed by atoms with Gasteiger partial charge < -0.3 is 16.0 Å². The molecule has 9 nitrogen and oxygen atoms in total. The number of benzene rings is 2. The van der Waals surface area contributed by atoms with E-state index in [1.165, 1.54) is 30.3 Å². The maximum absolute atomic E-state index is 13.6. The van der Waals surface area contributed by atoms with E-state index in [0.29, 0.717) is 30.2 Å². The smallest absolute Gasteiger partial charge is 0.269 e. The summed E-state index contributed by atoms with van der Waals surface area (Å²) in [5.74, 6) is -0.149. The van der Waals surface area contributed by atoms with Crippen LogP contribution < -0.4 is 16.0 Å². The molecule has 12 heteroatoms. The molecule has 3 N–H and O–H groups in total. The summed E-state index contributed by atoms with van der Waals surface area (Å²) in [5.41, 5.74) is 1.83. The highest BCUT2D eigenvalue weighted by molar-refractivity contribution is 14.0. The number of nitro benzene ring substituents is 1. The minimum absolute atomic E-state index is 0. The summed E-state index contributed by atoms with van der Waals surface area (Å²) >= 11 is 0. The fourth-order valence-corrected chi connectivity index (χ4v) is 3.52. The van der Waals surface area contributed by atoms with E-state index in [1.807, 2.05) is 0 Å². The van der Waals surface area contributed by atoms with E-state index in [9.17, 15) is 22.9 Å². The van der Waals surface area contributed by atoms with Crippen LogP contribution in [-0.2, 0) is 22.1 Å². The standard InChI is InChI=1S/C19H24FN5O4S.HI/c1-21-19(23-10-9-22-17-5-7-18(8-6-17)25(26)27)24-12-15-11-16(20)4-3-14(15)13-30(2,28)29;/h3-8,11,22H,9-10,12-13H2,1-2H3,(H2,21,23,24);1H. The van der Waals surface area contributed by atoms with Gasteiger partial charge in [-0.25, -0.2) is 12.8 Å². The molecule has 0 aliphatic rings. The summed E-state index contributed by atoms with van der Waals surface area (Å²) in [5, 5.41) is 19.9. The molecule has 0 saturated carbocycles. The molecule has 0 aromatic heterocycles. The predicted molar refractivity (Wildman–Crippen MR) is 130 cm³/mol. The maximum Gasteiger partial charge on any atom is 0.269 e. The van der Waals surface area contributed by atoms with Crippen LogP contribution >= 0.6 is 24.0 Å². The summed E-state index contributed by atoms with van der Waals surface area (Å²) in [6, 6.07) is 10.1. The molecule has 0 unspecified atom stereocenters. The number of guanidine groups is 1. The number of hydrogen-bond donors (Lipinski definition) is 3. The van der Waals surface area contributed by atoms with Gasteiger partial charge in [0.05, 0.1) is 10.7 Å². The quantitative estimate of drug-likeness (QED) is 0.107. The van der Waals surface area contributed by atoms with E-state index in [2.05, 4.69) is 20.9 Å². The summed E-state index contributed by atoms with van der Waals surface area (Å²) in [4.78, 5) is 14.3. The first-order chi connectivity index (χ1) is 14.2. The van der Waals surface area contributed by atoms with Crippen LogP contribution in [0, 0.1) is 15.9 Å². The number of nitro groups is 1. The van der Waals surface area contributed by atoms with Crippen LogP contribution in [0.3, 0.4) is 0 Å². The van der Waals surface area contributed by atoms with Crippen LogP contribution in [0.25, 0.3) is 0 Å². The highest BCUT2D eigenvalue weighted by Crippen LogP contribution is 2.15. The largest absolute Gasteiger partial charge is 0.383 e. The van der Waals surface area contributed by atoms with Crippen molar-refractivity contribution in [1.29, 1.82) is 0 Å². The molecule has 0 aliphatic carbocycles. The molecule has 0 fully saturated rings. The van der Waals surface area contributed by atoms with Crippen molar-refractivity contribution < 1.29 is 17.7 Å². The van der Waals surface area contributed by atoms with Crippen LogP contribution in [0.4, 0.5) is 15.8 Å². The van der Waals surface area contributed by atoms with Gasteiger partial charge in [-0.15, -0.1) is 24.0 Å². The van der Waals surface area contributed by atoms with Crippen LogP contribution in [0.2, 0.25) is 0 Å². The summed E-state index contributed by atoms with van der Waals surface area (Å²) in [7, 11) is -1.66. The lowest BCUT2D eigenvalue weighted by atomic mass is 10.1. The Morgan fingerprint density at radius 3 is 2.35 bits per heavy atom. The molecular weight excluding hydrogens is 540 g/mol. The van der Waals surface area contributed by atoms with Gasteiger partial charge in [-0.05, 0) is 35.4 Å². The Balaban J connectivity index is 0.00000480. The molecule has 2 aromatic rings. The molecule has 170 valence electrons. The zero-order valence-electron chi connectivity index (χ0n) is 17.1. The third-order valence-electron chi connectivity index (χ3n) is 4.08. The zero-order chi connectivity index (χ0) is 22.1. The average Bonchev–Trinajstić information content (AvgIpc) is 2.68. The molecule has 0 bridgehead atoms. The molecule has 0 spiro atoms. The van der Waals surface area contributed by atoms with Gasteiger partial charge in [0.25, 0.3) is 5.69 Å². The summed E-state index contributed by atoms with van der Waals surface area (Å²) in [6.07, 6.45) is 1.13. The number of nitrogens with zero attached hydrogens (tertiary/aromatic N) is 2. The van der Waals surface area contributed by atoms with Gasteiger partial charge in [-0.2, -0.15) is 0 Å². The molecule has 0 saturated heterocycles. The van der Waals surface area contributed by atoms with Gasteiger partial charge in [0.15, 0.2) is 15.8 Å². The first-order valence-electron chi connectivity index (χ1n) is 9.06. The SMILES string of the molecule is CN=C(NCCNc1ccc([N+](=O)[O-])cc1)NCc1cc(F)ccc1CS(C)(=O)=O.I. The second-order valence-corrected chi connectivity index (χ2v) is 8.71. The van der Waals surface area contributed by atoms with Crippen molar-refractivity contribution in [1.82, 2.24) is 10.6 Å². The van der Waals surface area contributed by atoms with Crippen molar-refractivity contribution in [3.8, 4) is 0 Å². The number of hydrogen-bond acceptors (Lipinski definition) is 6. The number of rotatable bonds is 9. The number of sulfone groups is 1. The number of non-ortho nitro benzene ring substituents is 1. The molecular formula is C19H25FIN5O4S. The van der Waals surface area contributed by atoms with Gasteiger partial charge in [0.2, 0.25) is 0 Å². The van der Waals surface area contributed by atoms with Gasteiger partial charge in [-0.1, -0.05) is 6.07 Å². The Kier molecular flexibility index (Phi) is 10.6. The minimum Gasteiger partial charge on any atom is -0.383 e. The average molecular weight is 565 g/mol. The normalized spacial score (nSPS) is 11.4. The van der Waals surface area contributed by atoms with Gasteiger partial charge in [0, 0.05) is 50.8 Å². The summed E-state index contributed by atoms with van der Waals surface area (Å²) < 4.78 is 36.8. The monoisotopic (exact) mass is 565 g/mol. The second kappa shape index (κ2) is 12.4. The Morgan fingerprint density at radius 2 is 1.77 bits per heavy atom. The topological polar surface area (TPSA) is 126 Å². The molecule has 0 heterocycles. The molecule has 0 radical (unpaired) electrons.